The Hall–Kier alpha value is -2.07. The lowest BCUT2D eigenvalue weighted by Crippen LogP contribution is -2.47. The van der Waals surface area contributed by atoms with Gasteiger partial charge in [0.25, 0.3) is 0 Å². The Bertz CT molecular complexity index is 780. The van der Waals surface area contributed by atoms with Crippen molar-refractivity contribution >= 4 is 39.3 Å². The minimum absolute atomic E-state index is 0.0317. The highest BCUT2D eigenvalue weighted by Crippen LogP contribution is 2.42. The third-order valence-electron chi connectivity index (χ3n) is 4.79. The minimum atomic E-state index is -0.934. The summed E-state index contributed by atoms with van der Waals surface area (Å²) in [6.07, 6.45) is 2.25. The predicted molar refractivity (Wildman–Crippen MR) is 96.6 cm³/mol. The Morgan fingerprint density at radius 1 is 1.19 bits per heavy atom. The lowest BCUT2D eigenvalue weighted by Gasteiger charge is -2.26. The molecule has 10 heteroatoms. The molecule has 1 saturated carbocycles. The normalized spacial score (nSPS) is 21.6. The van der Waals surface area contributed by atoms with Crippen molar-refractivity contribution in [3.8, 4) is 0 Å². The standard InChI is InChI=1S/C17H19BrF2N4O3/c18-10-5-12(20)13(6-11(10)19)22-16(27)24-23-14(25)7-17(3-4-21-8-17)15(26)9-1-2-9/h5-6,9,21H,1-4,7-8H2,(H,23,25)(H2,22,24,27)/t17-/m0/s1. The van der Waals surface area contributed by atoms with E-state index in [9.17, 15) is 23.2 Å². The van der Waals surface area contributed by atoms with Crippen LogP contribution >= 0.6 is 15.9 Å². The maximum Gasteiger partial charge on any atom is 0.338 e. The fourth-order valence-electron chi connectivity index (χ4n) is 3.22. The molecule has 1 aliphatic heterocycles. The number of urea groups is 1. The molecular weight excluding hydrogens is 426 g/mol. The van der Waals surface area contributed by atoms with E-state index >= 15 is 0 Å². The number of rotatable bonds is 5. The first-order valence-corrected chi connectivity index (χ1v) is 9.35. The van der Waals surface area contributed by atoms with Crippen LogP contribution in [-0.4, -0.2) is 30.8 Å². The summed E-state index contributed by atoms with van der Waals surface area (Å²) in [6, 6.07) is 0.758. The van der Waals surface area contributed by atoms with Crippen molar-refractivity contribution in [1.82, 2.24) is 16.2 Å². The maximum absolute atomic E-state index is 13.7. The highest BCUT2D eigenvalue weighted by molar-refractivity contribution is 9.10. The largest absolute Gasteiger partial charge is 0.338 e. The number of Topliss-reactive ketones (excluding diaryl/α,β-unsaturated/α-hetero) is 1. The molecule has 1 saturated heterocycles. The second kappa shape index (κ2) is 7.89. The van der Waals surface area contributed by atoms with E-state index in [1.807, 2.05) is 0 Å². The van der Waals surface area contributed by atoms with Crippen LogP contribution in [0.3, 0.4) is 0 Å². The minimum Gasteiger partial charge on any atom is -0.316 e. The highest BCUT2D eigenvalue weighted by Gasteiger charge is 2.48. The van der Waals surface area contributed by atoms with Crippen LogP contribution in [0.25, 0.3) is 0 Å². The summed E-state index contributed by atoms with van der Waals surface area (Å²) >= 11 is 2.84. The van der Waals surface area contributed by atoms with Gasteiger partial charge in [0.05, 0.1) is 15.6 Å². The van der Waals surface area contributed by atoms with Crippen LogP contribution in [0.4, 0.5) is 19.3 Å². The molecule has 7 nitrogen and oxygen atoms in total. The molecule has 0 unspecified atom stereocenters. The monoisotopic (exact) mass is 444 g/mol. The molecule has 4 N–H and O–H groups in total. The summed E-state index contributed by atoms with van der Waals surface area (Å²) in [4.78, 5) is 36.6. The number of anilines is 1. The van der Waals surface area contributed by atoms with Crippen LogP contribution in [0.1, 0.15) is 25.7 Å². The molecule has 3 rings (SSSR count). The fourth-order valence-corrected chi connectivity index (χ4v) is 3.54. The molecule has 2 aliphatic rings. The van der Waals surface area contributed by atoms with E-state index in [2.05, 4.69) is 37.4 Å². The molecule has 27 heavy (non-hydrogen) atoms. The van der Waals surface area contributed by atoms with E-state index < -0.39 is 29.0 Å². The molecule has 2 fully saturated rings. The van der Waals surface area contributed by atoms with Crippen LogP contribution in [0, 0.1) is 23.0 Å². The molecule has 0 radical (unpaired) electrons. The van der Waals surface area contributed by atoms with Gasteiger partial charge in [0.2, 0.25) is 5.91 Å². The van der Waals surface area contributed by atoms with Gasteiger partial charge in [-0.15, -0.1) is 0 Å². The van der Waals surface area contributed by atoms with E-state index in [1.54, 1.807) is 0 Å². The van der Waals surface area contributed by atoms with Crippen LogP contribution in [0.15, 0.2) is 16.6 Å². The topological polar surface area (TPSA) is 99.3 Å². The van der Waals surface area contributed by atoms with Gasteiger partial charge < -0.3 is 10.6 Å². The second-order valence-corrected chi connectivity index (χ2v) is 7.75. The number of benzene rings is 1. The van der Waals surface area contributed by atoms with Gasteiger partial charge in [0.15, 0.2) is 0 Å². The molecule has 0 bridgehead atoms. The van der Waals surface area contributed by atoms with Gasteiger partial charge in [-0.3, -0.25) is 15.0 Å². The molecule has 1 aromatic carbocycles. The number of carbonyl (C=O) groups excluding carboxylic acids is 3. The van der Waals surface area contributed by atoms with E-state index in [0.717, 1.165) is 25.0 Å². The van der Waals surface area contributed by atoms with Crippen molar-refractivity contribution in [3.63, 3.8) is 0 Å². The summed E-state index contributed by atoms with van der Waals surface area (Å²) < 4.78 is 27.1. The Morgan fingerprint density at radius 2 is 1.93 bits per heavy atom. The third kappa shape index (κ3) is 4.62. The van der Waals surface area contributed by atoms with E-state index in [1.165, 1.54) is 0 Å². The smallest absolute Gasteiger partial charge is 0.316 e. The number of halogens is 3. The molecule has 1 heterocycles. The first kappa shape index (κ1) is 19.7. The number of hydrogen-bond acceptors (Lipinski definition) is 4. The molecule has 0 spiro atoms. The van der Waals surface area contributed by atoms with Gasteiger partial charge >= 0.3 is 6.03 Å². The number of carbonyl (C=O) groups is 3. The lowest BCUT2D eigenvalue weighted by atomic mass is 9.77. The van der Waals surface area contributed by atoms with Gasteiger partial charge in [0.1, 0.15) is 17.4 Å². The van der Waals surface area contributed by atoms with Crippen molar-refractivity contribution in [2.24, 2.45) is 11.3 Å². The van der Waals surface area contributed by atoms with Crippen molar-refractivity contribution in [1.29, 1.82) is 0 Å². The third-order valence-corrected chi connectivity index (χ3v) is 5.39. The molecule has 1 aromatic rings. The summed E-state index contributed by atoms with van der Waals surface area (Å²) in [5.74, 6) is -1.98. The molecule has 3 amide bonds. The zero-order chi connectivity index (χ0) is 19.6. The van der Waals surface area contributed by atoms with Crippen molar-refractivity contribution in [3.05, 3.63) is 28.2 Å². The Morgan fingerprint density at radius 3 is 2.56 bits per heavy atom. The van der Waals surface area contributed by atoms with Crippen molar-refractivity contribution < 1.29 is 23.2 Å². The number of hydrazine groups is 1. The van der Waals surface area contributed by atoms with Gasteiger partial charge in [-0.25, -0.2) is 19.0 Å². The summed E-state index contributed by atoms with van der Waals surface area (Å²) in [6.45, 7) is 1.10. The molecule has 0 aromatic heterocycles. The van der Waals surface area contributed by atoms with Crippen LogP contribution in [0.5, 0.6) is 0 Å². The molecular formula is C17H19BrF2N4O3. The zero-order valence-electron chi connectivity index (χ0n) is 14.3. The summed E-state index contributed by atoms with van der Waals surface area (Å²) in [5, 5.41) is 5.22. The van der Waals surface area contributed by atoms with Gasteiger partial charge in [-0.05, 0) is 47.8 Å². The SMILES string of the molecule is O=C(C[C@@]1(C(=O)C2CC2)CCNC1)NNC(=O)Nc1cc(F)c(Br)cc1F. The van der Waals surface area contributed by atoms with Gasteiger partial charge in [-0.1, -0.05) is 0 Å². The Labute approximate surface area is 162 Å². The molecule has 146 valence electrons. The predicted octanol–water partition coefficient (Wildman–Crippen LogP) is 2.23. The molecule has 1 aliphatic carbocycles. The number of hydrogen-bond donors (Lipinski definition) is 4. The quantitative estimate of drug-likeness (QED) is 0.413. The van der Waals surface area contributed by atoms with Crippen LogP contribution in [-0.2, 0) is 9.59 Å². The number of ketones is 1. The number of nitrogens with one attached hydrogen (secondary N) is 4. The zero-order valence-corrected chi connectivity index (χ0v) is 15.9. The second-order valence-electron chi connectivity index (χ2n) is 6.90. The highest BCUT2D eigenvalue weighted by atomic mass is 79.9. The summed E-state index contributed by atoms with van der Waals surface area (Å²) in [7, 11) is 0. The van der Waals surface area contributed by atoms with E-state index in [0.29, 0.717) is 19.5 Å². The first-order chi connectivity index (χ1) is 12.8. The van der Waals surface area contributed by atoms with Crippen molar-refractivity contribution in [2.75, 3.05) is 18.4 Å². The first-order valence-electron chi connectivity index (χ1n) is 8.56. The fraction of sp³-hybridized carbons (Fsp3) is 0.471. The number of amides is 3. The Balaban J connectivity index is 1.53. The van der Waals surface area contributed by atoms with E-state index in [4.69, 9.17) is 0 Å². The van der Waals surface area contributed by atoms with Crippen LogP contribution in [0.2, 0.25) is 0 Å². The van der Waals surface area contributed by atoms with Crippen LogP contribution < -0.4 is 21.5 Å². The average Bonchev–Trinajstić information content (AvgIpc) is 3.36. The molecule has 1 atom stereocenters. The van der Waals surface area contributed by atoms with Crippen molar-refractivity contribution in [2.45, 2.75) is 25.7 Å². The lowest BCUT2D eigenvalue weighted by molar-refractivity contribution is -0.135. The van der Waals surface area contributed by atoms with Gasteiger partial charge in [-0.2, -0.15) is 0 Å². The maximum atomic E-state index is 13.7. The summed E-state index contributed by atoms with van der Waals surface area (Å²) in [5.41, 5.74) is 3.17. The Kier molecular flexibility index (Phi) is 5.75. The van der Waals surface area contributed by atoms with Gasteiger partial charge in [0, 0.05) is 24.9 Å². The van der Waals surface area contributed by atoms with E-state index in [-0.39, 0.29) is 28.3 Å². The average molecular weight is 445 g/mol.